The lowest BCUT2D eigenvalue weighted by atomic mass is 10.3. The van der Waals surface area contributed by atoms with Crippen LogP contribution in [0.25, 0.3) is 11.0 Å². The molecule has 0 fully saturated rings. The second-order valence-corrected chi connectivity index (χ2v) is 6.00. The highest BCUT2D eigenvalue weighted by Crippen LogP contribution is 2.18. The lowest BCUT2D eigenvalue weighted by molar-refractivity contribution is -0.121. The Balaban J connectivity index is 1.74. The molecule has 1 N–H and O–H groups in total. The van der Waals surface area contributed by atoms with Gasteiger partial charge in [-0.15, -0.1) is 0 Å². The van der Waals surface area contributed by atoms with E-state index >= 15 is 0 Å². The molecule has 0 radical (unpaired) electrons. The van der Waals surface area contributed by atoms with E-state index in [4.69, 9.17) is 0 Å². The Labute approximate surface area is 139 Å². The summed E-state index contributed by atoms with van der Waals surface area (Å²) in [6.45, 7) is 0.702. The SMILES string of the molecule is CSCc1nc2ccccc2n1CC(=O)NCc1ccccn1. The number of amides is 1. The Morgan fingerprint density at radius 3 is 2.83 bits per heavy atom. The van der Waals surface area contributed by atoms with Crippen LogP contribution in [0.4, 0.5) is 0 Å². The van der Waals surface area contributed by atoms with Crippen molar-refractivity contribution in [2.75, 3.05) is 6.26 Å². The van der Waals surface area contributed by atoms with Crippen LogP contribution in [0.3, 0.4) is 0 Å². The fraction of sp³-hybridized carbons (Fsp3) is 0.235. The number of rotatable bonds is 6. The average molecular weight is 326 g/mol. The van der Waals surface area contributed by atoms with E-state index in [9.17, 15) is 4.79 Å². The maximum Gasteiger partial charge on any atom is 0.240 e. The predicted octanol–water partition coefficient (Wildman–Crippen LogP) is 2.61. The third kappa shape index (κ3) is 3.71. The molecule has 0 unspecified atom stereocenters. The number of aromatic nitrogens is 3. The van der Waals surface area contributed by atoms with Gasteiger partial charge in [-0.25, -0.2) is 4.98 Å². The highest BCUT2D eigenvalue weighted by Gasteiger charge is 2.13. The molecule has 0 saturated carbocycles. The number of carbonyl (C=O) groups excluding carboxylic acids is 1. The van der Waals surface area contributed by atoms with Gasteiger partial charge in [-0.05, 0) is 30.5 Å². The Bertz CT molecular complexity index is 801. The van der Waals surface area contributed by atoms with E-state index in [2.05, 4.69) is 15.3 Å². The lowest BCUT2D eigenvalue weighted by Crippen LogP contribution is -2.28. The van der Waals surface area contributed by atoms with Crippen LogP contribution in [0.1, 0.15) is 11.5 Å². The van der Waals surface area contributed by atoms with E-state index in [1.54, 1.807) is 18.0 Å². The van der Waals surface area contributed by atoms with Crippen LogP contribution < -0.4 is 5.32 Å². The fourth-order valence-electron chi connectivity index (χ4n) is 2.43. The minimum absolute atomic E-state index is 0.0406. The molecule has 2 aromatic heterocycles. The van der Waals surface area contributed by atoms with E-state index in [-0.39, 0.29) is 12.5 Å². The van der Waals surface area contributed by atoms with Crippen LogP contribution in [0.15, 0.2) is 48.7 Å². The third-order valence-electron chi connectivity index (χ3n) is 3.50. The van der Waals surface area contributed by atoms with Crippen LogP contribution >= 0.6 is 11.8 Å². The molecule has 118 valence electrons. The molecular weight excluding hydrogens is 308 g/mol. The first-order chi connectivity index (χ1) is 11.3. The van der Waals surface area contributed by atoms with Gasteiger partial charge in [-0.3, -0.25) is 9.78 Å². The molecule has 0 saturated heterocycles. The summed E-state index contributed by atoms with van der Waals surface area (Å²) in [4.78, 5) is 21.1. The van der Waals surface area contributed by atoms with E-state index < -0.39 is 0 Å². The van der Waals surface area contributed by atoms with Crippen molar-refractivity contribution in [1.29, 1.82) is 0 Å². The number of pyridine rings is 1. The van der Waals surface area contributed by atoms with Gasteiger partial charge in [0, 0.05) is 6.20 Å². The molecule has 0 spiro atoms. The molecule has 0 atom stereocenters. The zero-order valence-electron chi connectivity index (χ0n) is 12.9. The van der Waals surface area contributed by atoms with Crippen molar-refractivity contribution in [3.05, 3.63) is 60.2 Å². The van der Waals surface area contributed by atoms with E-state index in [1.165, 1.54) is 0 Å². The van der Waals surface area contributed by atoms with Crippen LogP contribution in [0, 0.1) is 0 Å². The minimum Gasteiger partial charge on any atom is -0.349 e. The van der Waals surface area contributed by atoms with Crippen LogP contribution in [0.2, 0.25) is 0 Å². The van der Waals surface area contributed by atoms with Crippen LogP contribution in [-0.2, 0) is 23.6 Å². The second-order valence-electron chi connectivity index (χ2n) is 5.13. The van der Waals surface area contributed by atoms with Crippen molar-refractivity contribution in [2.24, 2.45) is 0 Å². The number of benzene rings is 1. The maximum absolute atomic E-state index is 12.3. The van der Waals surface area contributed by atoms with Gasteiger partial charge in [0.25, 0.3) is 0 Å². The van der Waals surface area contributed by atoms with Gasteiger partial charge >= 0.3 is 0 Å². The predicted molar refractivity (Wildman–Crippen MR) is 93.0 cm³/mol. The van der Waals surface area contributed by atoms with E-state index in [0.717, 1.165) is 28.3 Å². The smallest absolute Gasteiger partial charge is 0.240 e. The molecule has 1 amide bonds. The summed E-state index contributed by atoms with van der Waals surface area (Å²) in [6.07, 6.45) is 3.76. The zero-order valence-corrected chi connectivity index (χ0v) is 13.7. The topological polar surface area (TPSA) is 59.8 Å². The molecular formula is C17H18N4OS. The summed E-state index contributed by atoms with van der Waals surface area (Å²) in [7, 11) is 0. The zero-order chi connectivity index (χ0) is 16.1. The molecule has 23 heavy (non-hydrogen) atoms. The molecule has 2 heterocycles. The van der Waals surface area contributed by atoms with Crippen molar-refractivity contribution < 1.29 is 4.79 Å². The Kier molecular flexibility index (Phi) is 4.92. The van der Waals surface area contributed by atoms with Crippen molar-refractivity contribution in [1.82, 2.24) is 19.9 Å². The first-order valence-corrected chi connectivity index (χ1v) is 8.77. The van der Waals surface area contributed by atoms with Crippen molar-refractivity contribution in [2.45, 2.75) is 18.8 Å². The lowest BCUT2D eigenvalue weighted by Gasteiger charge is -2.09. The Morgan fingerprint density at radius 2 is 2.04 bits per heavy atom. The quantitative estimate of drug-likeness (QED) is 0.756. The Hall–Kier alpha value is -2.34. The molecule has 3 aromatic rings. The number of carbonyl (C=O) groups is 1. The second kappa shape index (κ2) is 7.28. The van der Waals surface area contributed by atoms with Gasteiger partial charge in [-0.2, -0.15) is 11.8 Å². The normalized spacial score (nSPS) is 10.8. The molecule has 0 bridgehead atoms. The molecule has 5 nitrogen and oxygen atoms in total. The summed E-state index contributed by atoms with van der Waals surface area (Å²) >= 11 is 1.70. The van der Waals surface area contributed by atoms with E-state index in [0.29, 0.717) is 6.54 Å². The van der Waals surface area contributed by atoms with Crippen LogP contribution in [-0.4, -0.2) is 26.7 Å². The number of para-hydroxylation sites is 2. The molecule has 3 rings (SSSR count). The summed E-state index contributed by atoms with van der Waals surface area (Å²) in [5, 5.41) is 2.91. The highest BCUT2D eigenvalue weighted by molar-refractivity contribution is 7.97. The summed E-state index contributed by atoms with van der Waals surface area (Å²) < 4.78 is 1.99. The number of hydrogen-bond donors (Lipinski definition) is 1. The molecule has 0 aliphatic heterocycles. The van der Waals surface area contributed by atoms with Gasteiger partial charge in [0.05, 0.1) is 29.0 Å². The molecule has 0 aliphatic rings. The standard InChI is InChI=1S/C17H18N4OS/c1-23-12-16-20-14-7-2-3-8-15(14)21(16)11-17(22)19-10-13-6-4-5-9-18-13/h2-9H,10-12H2,1H3,(H,19,22). The maximum atomic E-state index is 12.3. The molecule has 0 aliphatic carbocycles. The Morgan fingerprint density at radius 1 is 1.22 bits per heavy atom. The van der Waals surface area contributed by atoms with Crippen molar-refractivity contribution in [3.8, 4) is 0 Å². The van der Waals surface area contributed by atoms with Crippen molar-refractivity contribution >= 4 is 28.7 Å². The summed E-state index contributed by atoms with van der Waals surface area (Å²) in [6, 6.07) is 13.6. The molecule has 1 aromatic carbocycles. The monoisotopic (exact) mass is 326 g/mol. The van der Waals surface area contributed by atoms with Gasteiger partial charge < -0.3 is 9.88 Å². The fourth-order valence-corrected chi connectivity index (χ4v) is 2.91. The average Bonchev–Trinajstić information content (AvgIpc) is 2.92. The largest absolute Gasteiger partial charge is 0.349 e. The summed E-state index contributed by atoms with van der Waals surface area (Å²) in [5.74, 6) is 1.66. The first kappa shape index (κ1) is 15.6. The van der Waals surface area contributed by atoms with Crippen LogP contribution in [0.5, 0.6) is 0 Å². The number of nitrogens with one attached hydrogen (secondary N) is 1. The minimum atomic E-state index is -0.0406. The number of thioether (sulfide) groups is 1. The van der Waals surface area contributed by atoms with Gasteiger partial charge in [0.1, 0.15) is 12.4 Å². The summed E-state index contributed by atoms with van der Waals surface area (Å²) in [5.41, 5.74) is 2.76. The number of imidazole rings is 1. The van der Waals surface area contributed by atoms with E-state index in [1.807, 2.05) is 53.3 Å². The third-order valence-corrected chi connectivity index (χ3v) is 4.05. The first-order valence-electron chi connectivity index (χ1n) is 7.37. The van der Waals surface area contributed by atoms with Crippen molar-refractivity contribution in [3.63, 3.8) is 0 Å². The van der Waals surface area contributed by atoms with Gasteiger partial charge in [0.2, 0.25) is 5.91 Å². The van der Waals surface area contributed by atoms with Gasteiger partial charge in [0.15, 0.2) is 0 Å². The molecule has 6 heteroatoms. The number of nitrogens with zero attached hydrogens (tertiary/aromatic N) is 3. The van der Waals surface area contributed by atoms with Gasteiger partial charge in [-0.1, -0.05) is 18.2 Å². The highest BCUT2D eigenvalue weighted by atomic mass is 32.2. The number of fused-ring (bicyclic) bond motifs is 1. The number of hydrogen-bond acceptors (Lipinski definition) is 4.